The van der Waals surface area contributed by atoms with Crippen molar-refractivity contribution in [2.24, 2.45) is 5.92 Å². The van der Waals surface area contributed by atoms with E-state index in [1.165, 1.54) is 9.95 Å². The Hall–Kier alpha value is -1.95. The molecular formula is C19H16Cl2N2O2S. The number of thiazole rings is 1. The lowest BCUT2D eigenvalue weighted by atomic mass is 10.1. The van der Waals surface area contributed by atoms with Crippen LogP contribution < -0.4 is 4.87 Å². The highest BCUT2D eigenvalue weighted by Crippen LogP contribution is 2.33. The summed E-state index contributed by atoms with van der Waals surface area (Å²) in [6.07, 6.45) is 0. The molecule has 134 valence electrons. The molecule has 0 amide bonds. The van der Waals surface area contributed by atoms with Crippen molar-refractivity contribution in [3.05, 3.63) is 61.5 Å². The lowest BCUT2D eigenvalue weighted by molar-refractivity contribution is 0.364. The lowest BCUT2D eigenvalue weighted by Crippen LogP contribution is -2.20. The molecule has 0 saturated heterocycles. The van der Waals surface area contributed by atoms with Crippen LogP contribution in [-0.4, -0.2) is 14.2 Å². The molecular weight excluding hydrogens is 391 g/mol. The standard InChI is InChI=1S/C19H16Cl2N2O2S/c1-11(9-23-18(24)10-26-19(23)25)8-22-16-4-2-12(20)6-14(16)15-7-13(21)3-5-17(15)22/h2-7,10-11,24H,8-9H2,1H3. The first kappa shape index (κ1) is 17.5. The average Bonchev–Trinajstić information content (AvgIpc) is 3.07. The van der Waals surface area contributed by atoms with Gasteiger partial charge < -0.3 is 9.67 Å². The minimum absolute atomic E-state index is 0.0210. The average molecular weight is 407 g/mol. The van der Waals surface area contributed by atoms with E-state index in [4.69, 9.17) is 23.2 Å². The lowest BCUT2D eigenvalue weighted by Gasteiger charge is -2.15. The summed E-state index contributed by atoms with van der Waals surface area (Å²) in [7, 11) is 0. The van der Waals surface area contributed by atoms with Gasteiger partial charge >= 0.3 is 4.87 Å². The van der Waals surface area contributed by atoms with Gasteiger partial charge in [0.05, 0.1) is 5.38 Å². The molecule has 4 rings (SSSR count). The van der Waals surface area contributed by atoms with Crippen LogP contribution in [0.15, 0.2) is 46.6 Å². The fourth-order valence-electron chi connectivity index (χ4n) is 3.42. The fraction of sp³-hybridized carbons (Fsp3) is 0.211. The molecule has 0 aliphatic heterocycles. The van der Waals surface area contributed by atoms with E-state index in [9.17, 15) is 9.90 Å². The number of rotatable bonds is 4. The Kier molecular flexibility index (Phi) is 4.47. The van der Waals surface area contributed by atoms with Crippen LogP contribution in [0.5, 0.6) is 5.88 Å². The zero-order chi connectivity index (χ0) is 18.4. The van der Waals surface area contributed by atoms with Crippen molar-refractivity contribution in [1.29, 1.82) is 0 Å². The third kappa shape index (κ3) is 3.00. The zero-order valence-corrected chi connectivity index (χ0v) is 16.3. The monoisotopic (exact) mass is 406 g/mol. The largest absolute Gasteiger partial charge is 0.494 e. The van der Waals surface area contributed by atoms with Gasteiger partial charge in [-0.25, -0.2) is 0 Å². The van der Waals surface area contributed by atoms with E-state index in [2.05, 4.69) is 11.5 Å². The fourth-order valence-corrected chi connectivity index (χ4v) is 4.39. The number of hydrogen-bond donors (Lipinski definition) is 1. The molecule has 0 fully saturated rings. The quantitative estimate of drug-likeness (QED) is 0.495. The Morgan fingerprint density at radius 1 is 1.00 bits per heavy atom. The molecule has 0 bridgehead atoms. The van der Waals surface area contributed by atoms with Crippen LogP contribution in [0.1, 0.15) is 6.92 Å². The molecule has 2 aromatic heterocycles. The molecule has 1 unspecified atom stereocenters. The summed E-state index contributed by atoms with van der Waals surface area (Å²) < 4.78 is 3.63. The third-order valence-corrected chi connectivity index (χ3v) is 5.76. The number of benzene rings is 2. The summed E-state index contributed by atoms with van der Waals surface area (Å²) in [5.74, 6) is 0.158. The topological polar surface area (TPSA) is 47.2 Å². The van der Waals surface area contributed by atoms with E-state index in [1.54, 1.807) is 0 Å². The highest BCUT2D eigenvalue weighted by Gasteiger charge is 2.16. The Balaban J connectivity index is 1.79. The maximum atomic E-state index is 11.9. The molecule has 0 radical (unpaired) electrons. The molecule has 1 N–H and O–H groups in total. The maximum Gasteiger partial charge on any atom is 0.309 e. The predicted octanol–water partition coefficient (Wildman–Crippen LogP) is 5.37. The Morgan fingerprint density at radius 2 is 1.54 bits per heavy atom. The van der Waals surface area contributed by atoms with Crippen molar-refractivity contribution in [3.8, 4) is 5.88 Å². The van der Waals surface area contributed by atoms with Crippen LogP contribution in [-0.2, 0) is 13.1 Å². The van der Waals surface area contributed by atoms with Gasteiger partial charge in [0.25, 0.3) is 0 Å². The summed E-state index contributed by atoms with van der Waals surface area (Å²) in [5.41, 5.74) is 2.14. The second-order valence-corrected chi connectivity index (χ2v) is 8.20. The van der Waals surface area contributed by atoms with Gasteiger partial charge in [-0.3, -0.25) is 9.36 Å². The van der Waals surface area contributed by atoms with E-state index in [0.29, 0.717) is 23.1 Å². The number of fused-ring (bicyclic) bond motifs is 3. The molecule has 4 nitrogen and oxygen atoms in total. The van der Waals surface area contributed by atoms with Crippen molar-refractivity contribution in [1.82, 2.24) is 9.13 Å². The Bertz CT molecular complexity index is 1120. The van der Waals surface area contributed by atoms with Gasteiger partial charge in [0.1, 0.15) is 0 Å². The van der Waals surface area contributed by atoms with Crippen LogP contribution in [0.2, 0.25) is 10.0 Å². The molecule has 2 aromatic carbocycles. The van der Waals surface area contributed by atoms with Gasteiger partial charge in [0.2, 0.25) is 5.88 Å². The summed E-state index contributed by atoms with van der Waals surface area (Å²) in [6, 6.07) is 11.7. The molecule has 0 aliphatic rings. The first-order valence-electron chi connectivity index (χ1n) is 8.18. The highest BCUT2D eigenvalue weighted by atomic mass is 35.5. The van der Waals surface area contributed by atoms with Crippen LogP contribution >= 0.6 is 34.5 Å². The summed E-state index contributed by atoms with van der Waals surface area (Å²) in [6.45, 7) is 3.22. The van der Waals surface area contributed by atoms with E-state index in [0.717, 1.165) is 33.1 Å². The van der Waals surface area contributed by atoms with Gasteiger partial charge in [-0.15, -0.1) is 0 Å². The van der Waals surface area contributed by atoms with Gasteiger partial charge in [-0.05, 0) is 42.3 Å². The molecule has 26 heavy (non-hydrogen) atoms. The third-order valence-electron chi connectivity index (χ3n) is 4.54. The number of aromatic nitrogens is 2. The summed E-state index contributed by atoms with van der Waals surface area (Å²) in [4.78, 5) is 11.7. The number of nitrogens with zero attached hydrogens (tertiary/aromatic N) is 2. The minimum atomic E-state index is -0.143. The smallest absolute Gasteiger partial charge is 0.309 e. The van der Waals surface area contributed by atoms with Gasteiger partial charge in [0, 0.05) is 44.9 Å². The Morgan fingerprint density at radius 3 is 2.04 bits per heavy atom. The van der Waals surface area contributed by atoms with Crippen LogP contribution in [0.4, 0.5) is 0 Å². The van der Waals surface area contributed by atoms with Crippen molar-refractivity contribution in [2.75, 3.05) is 0 Å². The molecule has 4 aromatic rings. The van der Waals surface area contributed by atoms with Crippen molar-refractivity contribution < 1.29 is 5.11 Å². The minimum Gasteiger partial charge on any atom is -0.494 e. The number of halogens is 2. The van der Waals surface area contributed by atoms with Gasteiger partial charge in [-0.2, -0.15) is 0 Å². The van der Waals surface area contributed by atoms with E-state index in [-0.39, 0.29) is 16.7 Å². The van der Waals surface area contributed by atoms with Crippen molar-refractivity contribution in [2.45, 2.75) is 20.0 Å². The maximum absolute atomic E-state index is 11.9. The second kappa shape index (κ2) is 6.65. The molecule has 2 heterocycles. The normalized spacial score (nSPS) is 12.9. The first-order valence-corrected chi connectivity index (χ1v) is 9.82. The number of aromatic hydroxyl groups is 1. The zero-order valence-electron chi connectivity index (χ0n) is 13.9. The summed E-state index contributed by atoms with van der Waals surface area (Å²) >= 11 is 13.4. The predicted molar refractivity (Wildman–Crippen MR) is 109 cm³/mol. The second-order valence-electron chi connectivity index (χ2n) is 6.51. The van der Waals surface area contributed by atoms with E-state index >= 15 is 0 Å². The summed E-state index contributed by atoms with van der Waals surface area (Å²) in [5, 5.41) is 14.8. The highest BCUT2D eigenvalue weighted by molar-refractivity contribution is 7.07. The number of hydrogen-bond acceptors (Lipinski definition) is 3. The molecule has 0 spiro atoms. The van der Waals surface area contributed by atoms with Gasteiger partial charge in [0.15, 0.2) is 0 Å². The van der Waals surface area contributed by atoms with E-state index in [1.807, 2.05) is 36.4 Å². The molecule has 1 atom stereocenters. The van der Waals surface area contributed by atoms with Crippen LogP contribution in [0, 0.1) is 5.92 Å². The van der Waals surface area contributed by atoms with E-state index < -0.39 is 0 Å². The first-order chi connectivity index (χ1) is 12.4. The van der Waals surface area contributed by atoms with Crippen LogP contribution in [0.3, 0.4) is 0 Å². The van der Waals surface area contributed by atoms with Crippen molar-refractivity contribution in [3.63, 3.8) is 0 Å². The molecule has 7 heteroatoms. The van der Waals surface area contributed by atoms with Crippen LogP contribution in [0.25, 0.3) is 21.8 Å². The molecule has 0 saturated carbocycles. The molecule has 0 aliphatic carbocycles. The Labute approximate surface area is 163 Å². The SMILES string of the molecule is CC(Cn1c(O)csc1=O)Cn1c2ccc(Cl)cc2c2cc(Cl)ccc21. The van der Waals surface area contributed by atoms with Crippen molar-refractivity contribution >= 4 is 56.3 Å². The van der Waals surface area contributed by atoms with Gasteiger partial charge in [-0.1, -0.05) is 41.5 Å².